The lowest BCUT2D eigenvalue weighted by Gasteiger charge is -2.36. The Hall–Kier alpha value is -1.97. The SMILES string of the molecule is [O-]N([O-])/C(Cl)=C\C(=C1Nc2ccccc2N1)N(O)O. The molecule has 0 aromatic heterocycles. The first-order valence-electron chi connectivity index (χ1n) is 5.06. The van der Waals surface area contributed by atoms with Crippen LogP contribution in [0.15, 0.2) is 47.0 Å². The maximum absolute atomic E-state index is 10.5. The summed E-state index contributed by atoms with van der Waals surface area (Å²) < 4.78 is 0. The number of nitrogens with zero attached hydrogens (tertiary/aromatic N) is 2. The number of rotatable bonds is 3. The summed E-state index contributed by atoms with van der Waals surface area (Å²) >= 11 is 5.37. The van der Waals surface area contributed by atoms with Crippen LogP contribution in [0.3, 0.4) is 0 Å². The quantitative estimate of drug-likeness (QED) is 0.493. The zero-order valence-corrected chi connectivity index (χ0v) is 10.1. The van der Waals surface area contributed by atoms with Crippen LogP contribution in [0.25, 0.3) is 0 Å². The molecule has 0 spiro atoms. The molecule has 102 valence electrons. The zero-order chi connectivity index (χ0) is 14.0. The Morgan fingerprint density at radius 2 is 1.68 bits per heavy atom. The average Bonchev–Trinajstić information content (AvgIpc) is 2.78. The normalized spacial score (nSPS) is 13.5. The molecule has 0 unspecified atom stereocenters. The van der Waals surface area contributed by atoms with Crippen LogP contribution in [0.4, 0.5) is 11.4 Å². The number of hydroxylamine groups is 4. The van der Waals surface area contributed by atoms with Crippen molar-refractivity contribution in [1.29, 1.82) is 0 Å². The highest BCUT2D eigenvalue weighted by Crippen LogP contribution is 2.31. The number of para-hydroxylation sites is 2. The molecule has 4 N–H and O–H groups in total. The second-order valence-corrected chi connectivity index (χ2v) is 3.96. The Kier molecular flexibility index (Phi) is 3.79. The Bertz CT molecular complexity index is 517. The molecule has 1 aliphatic rings. The van der Waals surface area contributed by atoms with E-state index in [1.165, 1.54) is 0 Å². The first-order chi connectivity index (χ1) is 8.99. The summed E-state index contributed by atoms with van der Waals surface area (Å²) in [5.41, 5.74) is 1.10. The molecule has 8 nitrogen and oxygen atoms in total. The van der Waals surface area contributed by atoms with Crippen LogP contribution in [0, 0.1) is 10.4 Å². The van der Waals surface area contributed by atoms with Crippen molar-refractivity contribution in [1.82, 2.24) is 10.5 Å². The lowest BCUT2D eigenvalue weighted by atomic mass is 10.3. The van der Waals surface area contributed by atoms with Crippen molar-refractivity contribution < 1.29 is 10.4 Å². The number of allylic oxidation sites excluding steroid dienone is 1. The minimum absolute atomic E-state index is 0.159. The fourth-order valence-electron chi connectivity index (χ4n) is 1.53. The summed E-state index contributed by atoms with van der Waals surface area (Å²) in [5.74, 6) is 0.159. The van der Waals surface area contributed by atoms with Crippen LogP contribution in [0.1, 0.15) is 0 Å². The summed E-state index contributed by atoms with van der Waals surface area (Å²) in [5, 5.41) is 42.9. The van der Waals surface area contributed by atoms with Crippen molar-refractivity contribution in [3.63, 3.8) is 0 Å². The summed E-state index contributed by atoms with van der Waals surface area (Å²) in [4.78, 5) is 0. The summed E-state index contributed by atoms with van der Waals surface area (Å²) in [6, 6.07) is 7.08. The molecule has 0 radical (unpaired) electrons. The van der Waals surface area contributed by atoms with Crippen LogP contribution >= 0.6 is 11.6 Å². The molecule has 9 heteroatoms. The van der Waals surface area contributed by atoms with Crippen LogP contribution < -0.4 is 10.6 Å². The van der Waals surface area contributed by atoms with E-state index < -0.39 is 10.4 Å². The maximum Gasteiger partial charge on any atom is 0.138 e. The number of hydrogen-bond acceptors (Lipinski definition) is 8. The van der Waals surface area contributed by atoms with E-state index in [0.717, 1.165) is 6.08 Å². The predicted molar refractivity (Wildman–Crippen MR) is 68.6 cm³/mol. The topological polar surface area (TPSA) is 117 Å². The molecule has 1 aromatic rings. The van der Waals surface area contributed by atoms with Crippen molar-refractivity contribution in [3.8, 4) is 0 Å². The molecule has 1 heterocycles. The van der Waals surface area contributed by atoms with Crippen molar-refractivity contribution in [2.75, 3.05) is 10.6 Å². The van der Waals surface area contributed by atoms with Gasteiger partial charge in [-0.1, -0.05) is 23.7 Å². The molecule has 1 aromatic carbocycles. The van der Waals surface area contributed by atoms with Crippen molar-refractivity contribution in [2.45, 2.75) is 0 Å². The van der Waals surface area contributed by atoms with Crippen LogP contribution in [-0.2, 0) is 0 Å². The molecule has 0 fully saturated rings. The van der Waals surface area contributed by atoms with E-state index in [9.17, 15) is 10.4 Å². The molecule has 0 bridgehead atoms. The Labute approximate surface area is 112 Å². The highest BCUT2D eigenvalue weighted by atomic mass is 35.5. The van der Waals surface area contributed by atoms with Crippen molar-refractivity contribution >= 4 is 23.0 Å². The number of nitrogens with one attached hydrogen (secondary N) is 2. The second kappa shape index (κ2) is 5.34. The number of halogens is 1. The van der Waals surface area contributed by atoms with Gasteiger partial charge in [0.15, 0.2) is 0 Å². The zero-order valence-electron chi connectivity index (χ0n) is 9.37. The average molecular weight is 285 g/mol. The van der Waals surface area contributed by atoms with Crippen molar-refractivity contribution in [2.24, 2.45) is 0 Å². The summed E-state index contributed by atoms with van der Waals surface area (Å²) in [7, 11) is 0. The first-order valence-corrected chi connectivity index (χ1v) is 5.43. The molecule has 0 amide bonds. The molecule has 19 heavy (non-hydrogen) atoms. The van der Waals surface area contributed by atoms with Crippen LogP contribution in [0.5, 0.6) is 0 Å². The van der Waals surface area contributed by atoms with E-state index >= 15 is 0 Å². The van der Waals surface area contributed by atoms with E-state index in [-0.39, 0.29) is 16.7 Å². The number of anilines is 2. The molecular weight excluding hydrogens is 276 g/mol. The van der Waals surface area contributed by atoms with E-state index in [1.54, 1.807) is 24.3 Å². The molecule has 0 atom stereocenters. The predicted octanol–water partition coefficient (Wildman–Crippen LogP) is 2.15. The Morgan fingerprint density at radius 3 is 2.11 bits per heavy atom. The number of benzene rings is 1. The summed E-state index contributed by atoms with van der Waals surface area (Å²) in [6.45, 7) is 0. The van der Waals surface area contributed by atoms with Gasteiger partial charge in [0.2, 0.25) is 0 Å². The molecule has 0 aliphatic carbocycles. The van der Waals surface area contributed by atoms with Gasteiger partial charge >= 0.3 is 0 Å². The lowest BCUT2D eigenvalue weighted by molar-refractivity contribution is -0.276. The smallest absolute Gasteiger partial charge is 0.138 e. The van der Waals surface area contributed by atoms with Crippen LogP contribution in [-0.4, -0.2) is 20.9 Å². The van der Waals surface area contributed by atoms with Gasteiger partial charge in [-0.15, -0.1) is 5.23 Å². The fourth-order valence-corrected chi connectivity index (χ4v) is 1.63. The maximum atomic E-state index is 10.5. The van der Waals surface area contributed by atoms with Crippen LogP contribution in [0.2, 0.25) is 0 Å². The van der Waals surface area contributed by atoms with E-state index in [2.05, 4.69) is 10.6 Å². The van der Waals surface area contributed by atoms with Gasteiger partial charge in [-0.25, -0.2) is 0 Å². The van der Waals surface area contributed by atoms with Gasteiger partial charge in [-0.05, 0) is 12.1 Å². The highest BCUT2D eigenvalue weighted by Gasteiger charge is 2.19. The molecular formula is C10H9ClN4O4-2. The summed E-state index contributed by atoms with van der Waals surface area (Å²) in [6.07, 6.45) is 0.808. The lowest BCUT2D eigenvalue weighted by Crippen LogP contribution is -2.19. The van der Waals surface area contributed by atoms with Gasteiger partial charge in [-0.3, -0.25) is 10.4 Å². The highest BCUT2D eigenvalue weighted by molar-refractivity contribution is 6.29. The third kappa shape index (κ3) is 2.89. The van der Waals surface area contributed by atoms with Crippen molar-refractivity contribution in [3.05, 3.63) is 57.4 Å². The fraction of sp³-hybridized carbons (Fsp3) is 0. The van der Waals surface area contributed by atoms with E-state index in [1.807, 2.05) is 0 Å². The largest absolute Gasteiger partial charge is 0.769 e. The minimum atomic E-state index is -0.853. The Balaban J connectivity index is 2.36. The van der Waals surface area contributed by atoms with Gasteiger partial charge < -0.3 is 26.3 Å². The van der Waals surface area contributed by atoms with Gasteiger partial charge in [-0.2, -0.15) is 0 Å². The number of fused-ring (bicyclic) bond motifs is 1. The Morgan fingerprint density at radius 1 is 1.16 bits per heavy atom. The van der Waals surface area contributed by atoms with Gasteiger partial charge in [0, 0.05) is 6.08 Å². The standard InChI is InChI=1S/C10H9ClN4O4/c11-9(15(18)19)5-8(14(16)17)10-12-6-3-1-2-4-7(6)13-10/h1-5,12-13,16-17H/q-2/b9-5-. The molecule has 0 saturated heterocycles. The van der Waals surface area contributed by atoms with Gasteiger partial charge in [0.25, 0.3) is 0 Å². The minimum Gasteiger partial charge on any atom is -0.769 e. The molecule has 0 saturated carbocycles. The first kappa shape index (κ1) is 13.5. The second-order valence-electron chi connectivity index (χ2n) is 3.57. The third-order valence-electron chi connectivity index (χ3n) is 2.35. The number of hydrogen-bond donors (Lipinski definition) is 4. The van der Waals surface area contributed by atoms with Gasteiger partial charge in [0.1, 0.15) is 11.5 Å². The molecule has 2 rings (SSSR count). The van der Waals surface area contributed by atoms with Gasteiger partial charge in [0.05, 0.1) is 16.5 Å². The third-order valence-corrected chi connectivity index (χ3v) is 2.60. The monoisotopic (exact) mass is 284 g/mol. The van der Waals surface area contributed by atoms with E-state index in [0.29, 0.717) is 11.4 Å². The molecule has 1 aliphatic heterocycles. The van der Waals surface area contributed by atoms with E-state index in [4.69, 9.17) is 22.0 Å².